The molecule has 2 aromatic carbocycles. The van der Waals surface area contributed by atoms with Crippen molar-refractivity contribution in [1.82, 2.24) is 10.2 Å². The molecule has 0 unspecified atom stereocenters. The van der Waals surface area contributed by atoms with Gasteiger partial charge in [0.05, 0.1) is 11.9 Å². The van der Waals surface area contributed by atoms with Crippen molar-refractivity contribution >= 4 is 55.1 Å². The van der Waals surface area contributed by atoms with Gasteiger partial charge in [0.1, 0.15) is 12.6 Å². The summed E-state index contributed by atoms with van der Waals surface area (Å²) < 4.78 is 27.2. The SMILES string of the molecule is Cc1cc(Cl)ccc1N(CC(=O)N(Cc1ccc(Br)cc1)[C@@H](C)C(=O)NCC(C)C)S(C)(=O)=O. The molecule has 0 radical (unpaired) electrons. The average Bonchev–Trinajstić information content (AvgIpc) is 2.74. The van der Waals surface area contributed by atoms with Gasteiger partial charge in [0.15, 0.2) is 0 Å². The van der Waals surface area contributed by atoms with E-state index in [0.29, 0.717) is 22.8 Å². The van der Waals surface area contributed by atoms with Crippen LogP contribution in [0.25, 0.3) is 0 Å². The first-order valence-electron chi connectivity index (χ1n) is 10.8. The monoisotopic (exact) mass is 571 g/mol. The van der Waals surface area contributed by atoms with Crippen molar-refractivity contribution in [3.05, 3.63) is 63.1 Å². The van der Waals surface area contributed by atoms with Crippen LogP contribution in [0.5, 0.6) is 0 Å². The van der Waals surface area contributed by atoms with Gasteiger partial charge in [0.25, 0.3) is 0 Å². The number of anilines is 1. The maximum atomic E-state index is 13.5. The number of carbonyl (C=O) groups excluding carboxylic acids is 2. The van der Waals surface area contributed by atoms with E-state index in [-0.39, 0.29) is 18.4 Å². The van der Waals surface area contributed by atoms with Gasteiger partial charge in [-0.05, 0) is 61.2 Å². The van der Waals surface area contributed by atoms with Gasteiger partial charge in [-0.15, -0.1) is 0 Å². The normalized spacial score (nSPS) is 12.4. The topological polar surface area (TPSA) is 86.8 Å². The summed E-state index contributed by atoms with van der Waals surface area (Å²) >= 11 is 9.42. The fraction of sp³-hybridized carbons (Fsp3) is 0.417. The summed E-state index contributed by atoms with van der Waals surface area (Å²) in [4.78, 5) is 27.7. The van der Waals surface area contributed by atoms with Gasteiger partial charge >= 0.3 is 0 Å². The molecule has 0 spiro atoms. The van der Waals surface area contributed by atoms with Crippen LogP contribution in [0.4, 0.5) is 5.69 Å². The molecule has 0 saturated carbocycles. The van der Waals surface area contributed by atoms with Crippen molar-refractivity contribution in [2.75, 3.05) is 23.7 Å². The lowest BCUT2D eigenvalue weighted by Gasteiger charge is -2.32. The predicted octanol–water partition coefficient (Wildman–Crippen LogP) is 4.37. The number of halogens is 2. The van der Waals surface area contributed by atoms with Crippen LogP contribution in [0.15, 0.2) is 46.9 Å². The molecule has 0 aliphatic rings. The molecular formula is C24H31BrClN3O4S. The first-order valence-corrected chi connectivity index (χ1v) is 13.9. The second-order valence-corrected chi connectivity index (χ2v) is 11.9. The van der Waals surface area contributed by atoms with Gasteiger partial charge in [0.2, 0.25) is 21.8 Å². The van der Waals surface area contributed by atoms with E-state index in [2.05, 4.69) is 21.2 Å². The van der Waals surface area contributed by atoms with E-state index in [0.717, 1.165) is 20.6 Å². The lowest BCUT2D eigenvalue weighted by atomic mass is 10.1. The zero-order valence-corrected chi connectivity index (χ0v) is 23.2. The van der Waals surface area contributed by atoms with Crippen LogP contribution in [-0.2, 0) is 26.2 Å². The van der Waals surface area contributed by atoms with E-state index in [1.54, 1.807) is 32.0 Å². The van der Waals surface area contributed by atoms with Crippen molar-refractivity contribution in [1.29, 1.82) is 0 Å². The number of hydrogen-bond acceptors (Lipinski definition) is 4. The van der Waals surface area contributed by atoms with Crippen molar-refractivity contribution in [2.45, 2.75) is 40.3 Å². The molecule has 2 amide bonds. The number of benzene rings is 2. The molecule has 34 heavy (non-hydrogen) atoms. The van der Waals surface area contributed by atoms with E-state index in [4.69, 9.17) is 11.6 Å². The van der Waals surface area contributed by atoms with Gasteiger partial charge < -0.3 is 10.2 Å². The highest BCUT2D eigenvalue weighted by Crippen LogP contribution is 2.26. The quantitative estimate of drug-likeness (QED) is 0.458. The Morgan fingerprint density at radius 2 is 1.71 bits per heavy atom. The van der Waals surface area contributed by atoms with Crippen molar-refractivity contribution in [3.8, 4) is 0 Å². The molecule has 0 fully saturated rings. The Morgan fingerprint density at radius 3 is 2.24 bits per heavy atom. The van der Waals surface area contributed by atoms with E-state index in [1.165, 1.54) is 4.90 Å². The lowest BCUT2D eigenvalue weighted by Crippen LogP contribution is -2.51. The predicted molar refractivity (Wildman–Crippen MR) is 140 cm³/mol. The molecule has 0 bridgehead atoms. The zero-order chi connectivity index (χ0) is 25.6. The summed E-state index contributed by atoms with van der Waals surface area (Å²) in [6.07, 6.45) is 1.05. The van der Waals surface area contributed by atoms with Gasteiger partial charge in [-0.3, -0.25) is 13.9 Å². The molecule has 0 aliphatic heterocycles. The van der Waals surface area contributed by atoms with Crippen LogP contribution >= 0.6 is 27.5 Å². The number of sulfonamides is 1. The van der Waals surface area contributed by atoms with Crippen molar-refractivity contribution in [3.63, 3.8) is 0 Å². The number of amides is 2. The smallest absolute Gasteiger partial charge is 0.244 e. The first-order chi connectivity index (χ1) is 15.8. The highest BCUT2D eigenvalue weighted by atomic mass is 79.9. The van der Waals surface area contributed by atoms with Crippen molar-refractivity contribution < 1.29 is 18.0 Å². The summed E-state index contributed by atoms with van der Waals surface area (Å²) in [5, 5.41) is 3.32. The van der Waals surface area contributed by atoms with Gasteiger partial charge in [-0.25, -0.2) is 8.42 Å². The van der Waals surface area contributed by atoms with E-state index in [9.17, 15) is 18.0 Å². The van der Waals surface area contributed by atoms with Crippen LogP contribution in [0.2, 0.25) is 5.02 Å². The second-order valence-electron chi connectivity index (χ2n) is 8.66. The maximum absolute atomic E-state index is 13.5. The highest BCUT2D eigenvalue weighted by Gasteiger charge is 2.30. The Kier molecular flexibility index (Phi) is 9.96. The molecule has 2 aromatic rings. The molecule has 1 N–H and O–H groups in total. The number of nitrogens with one attached hydrogen (secondary N) is 1. The Labute approximate surface area is 215 Å². The van der Waals surface area contributed by atoms with Crippen LogP contribution in [0.3, 0.4) is 0 Å². The standard InChI is InChI=1S/C24H31BrClN3O4S/c1-16(2)13-27-24(31)18(4)28(14-19-6-8-20(25)9-7-19)23(30)15-29(34(5,32)33)22-11-10-21(26)12-17(22)3/h6-12,16,18H,13-15H2,1-5H3,(H,27,31)/t18-/m0/s1. The Balaban J connectivity index is 2.39. The van der Waals surface area contributed by atoms with Gasteiger partial charge in [-0.2, -0.15) is 0 Å². The summed E-state index contributed by atoms with van der Waals surface area (Å²) in [7, 11) is -3.79. The molecule has 0 saturated heterocycles. The molecular weight excluding hydrogens is 542 g/mol. The zero-order valence-electron chi connectivity index (χ0n) is 20.0. The molecule has 186 valence electrons. The maximum Gasteiger partial charge on any atom is 0.244 e. The molecule has 2 rings (SSSR count). The summed E-state index contributed by atoms with van der Waals surface area (Å²) in [5.74, 6) is -0.539. The van der Waals surface area contributed by atoms with E-state index in [1.807, 2.05) is 38.1 Å². The van der Waals surface area contributed by atoms with E-state index >= 15 is 0 Å². The Morgan fingerprint density at radius 1 is 1.09 bits per heavy atom. The van der Waals surface area contributed by atoms with Crippen LogP contribution < -0.4 is 9.62 Å². The molecule has 0 aromatic heterocycles. The van der Waals surface area contributed by atoms with E-state index < -0.39 is 28.5 Å². The second kappa shape index (κ2) is 12.0. The fourth-order valence-electron chi connectivity index (χ4n) is 3.32. The number of nitrogens with zero attached hydrogens (tertiary/aromatic N) is 2. The molecule has 7 nitrogen and oxygen atoms in total. The van der Waals surface area contributed by atoms with Gasteiger partial charge in [-0.1, -0.05) is 53.5 Å². The lowest BCUT2D eigenvalue weighted by molar-refractivity contribution is -0.139. The third kappa shape index (κ3) is 7.99. The van der Waals surface area contributed by atoms with Gasteiger partial charge in [0, 0.05) is 22.6 Å². The fourth-order valence-corrected chi connectivity index (χ4v) is 4.71. The van der Waals surface area contributed by atoms with Crippen molar-refractivity contribution in [2.24, 2.45) is 5.92 Å². The van der Waals surface area contributed by atoms with Crippen LogP contribution in [-0.4, -0.2) is 50.5 Å². The number of hydrogen-bond donors (Lipinski definition) is 1. The average molecular weight is 573 g/mol. The number of aryl methyl sites for hydroxylation is 1. The van der Waals surface area contributed by atoms with Crippen LogP contribution in [0.1, 0.15) is 31.9 Å². The number of rotatable bonds is 10. The molecule has 10 heteroatoms. The minimum Gasteiger partial charge on any atom is -0.354 e. The largest absolute Gasteiger partial charge is 0.354 e. The third-order valence-corrected chi connectivity index (χ3v) is 7.11. The summed E-state index contributed by atoms with van der Waals surface area (Å²) in [6, 6.07) is 11.4. The summed E-state index contributed by atoms with van der Waals surface area (Å²) in [6.45, 7) is 7.51. The molecule has 1 atom stereocenters. The highest BCUT2D eigenvalue weighted by molar-refractivity contribution is 9.10. The minimum absolute atomic E-state index is 0.152. The number of carbonyl (C=O) groups is 2. The first kappa shape index (κ1) is 28.1. The molecule has 0 aliphatic carbocycles. The Bertz CT molecular complexity index is 1120. The third-order valence-electron chi connectivity index (χ3n) is 5.22. The van der Waals surface area contributed by atoms with Crippen LogP contribution in [0, 0.1) is 12.8 Å². The Hall–Kier alpha value is -2.10. The molecule has 0 heterocycles. The summed E-state index contributed by atoms with van der Waals surface area (Å²) in [5.41, 5.74) is 1.79. The minimum atomic E-state index is -3.79.